The SMILES string of the molecule is COC(=O)Cc1ccc(Oc2ccnc3cc(OC)c([S+]([O-])C(C)(C)C)cc23)cc1F. The van der Waals surface area contributed by atoms with Crippen LogP contribution in [0, 0.1) is 5.82 Å². The van der Waals surface area contributed by atoms with Gasteiger partial charge in [0.1, 0.15) is 22.1 Å². The molecule has 31 heavy (non-hydrogen) atoms. The van der Waals surface area contributed by atoms with Crippen LogP contribution in [0.1, 0.15) is 26.3 Å². The zero-order valence-corrected chi connectivity index (χ0v) is 18.8. The number of pyridine rings is 1. The average Bonchev–Trinajstić information content (AvgIpc) is 2.73. The minimum atomic E-state index is -1.35. The lowest BCUT2D eigenvalue weighted by Crippen LogP contribution is -2.28. The highest BCUT2D eigenvalue weighted by molar-refractivity contribution is 7.92. The number of methoxy groups -OCH3 is 2. The van der Waals surface area contributed by atoms with E-state index in [1.54, 1.807) is 30.5 Å². The molecule has 0 aliphatic rings. The fourth-order valence-electron chi connectivity index (χ4n) is 2.94. The van der Waals surface area contributed by atoms with E-state index in [4.69, 9.17) is 9.47 Å². The molecule has 0 amide bonds. The summed E-state index contributed by atoms with van der Waals surface area (Å²) in [5.41, 5.74) is 0.804. The van der Waals surface area contributed by atoms with Gasteiger partial charge in [-0.05, 0) is 49.6 Å². The number of carbonyl (C=O) groups excluding carboxylic acids is 1. The molecule has 0 saturated heterocycles. The van der Waals surface area contributed by atoms with Crippen molar-refractivity contribution in [1.29, 1.82) is 0 Å². The molecular formula is C23H24FNO5S. The number of rotatable bonds is 6. The molecule has 0 aliphatic carbocycles. The monoisotopic (exact) mass is 445 g/mol. The number of benzene rings is 2. The number of esters is 1. The van der Waals surface area contributed by atoms with E-state index in [9.17, 15) is 13.7 Å². The molecule has 164 valence electrons. The molecule has 6 nitrogen and oxygen atoms in total. The van der Waals surface area contributed by atoms with Gasteiger partial charge in [-0.1, -0.05) is 6.07 Å². The first-order valence-corrected chi connectivity index (χ1v) is 10.7. The van der Waals surface area contributed by atoms with Gasteiger partial charge in [0, 0.05) is 29.8 Å². The van der Waals surface area contributed by atoms with E-state index in [1.165, 1.54) is 26.4 Å². The van der Waals surface area contributed by atoms with Crippen molar-refractivity contribution < 1.29 is 27.9 Å². The van der Waals surface area contributed by atoms with Gasteiger partial charge >= 0.3 is 5.97 Å². The van der Waals surface area contributed by atoms with Crippen molar-refractivity contribution >= 4 is 28.0 Å². The zero-order chi connectivity index (χ0) is 22.8. The van der Waals surface area contributed by atoms with E-state index < -0.39 is 27.7 Å². The molecule has 0 saturated carbocycles. The predicted molar refractivity (Wildman–Crippen MR) is 117 cm³/mol. The topological polar surface area (TPSA) is 80.7 Å². The molecule has 8 heteroatoms. The summed E-state index contributed by atoms with van der Waals surface area (Å²) in [6.07, 6.45) is 1.40. The fraction of sp³-hybridized carbons (Fsp3) is 0.304. The molecule has 0 bridgehead atoms. The Hall–Kier alpha value is -2.84. The van der Waals surface area contributed by atoms with Crippen LogP contribution in [-0.2, 0) is 27.1 Å². The standard InChI is InChI=1S/C23H24FNO5S/c1-23(2,3)31(27)21-12-16-18(13-20(21)28-4)25-9-8-19(16)30-15-7-6-14(17(24)11-15)10-22(26)29-5/h6-9,11-13H,10H2,1-5H3. The van der Waals surface area contributed by atoms with Crippen LogP contribution >= 0.6 is 0 Å². The van der Waals surface area contributed by atoms with Gasteiger partial charge < -0.3 is 18.8 Å². The fourth-order valence-corrected chi connectivity index (χ4v) is 4.15. The van der Waals surface area contributed by atoms with Crippen LogP contribution in [0.25, 0.3) is 10.9 Å². The Kier molecular flexibility index (Phi) is 6.71. The largest absolute Gasteiger partial charge is 0.611 e. The first-order valence-electron chi connectivity index (χ1n) is 9.55. The Balaban J connectivity index is 2.01. The van der Waals surface area contributed by atoms with Gasteiger partial charge in [0.05, 0.1) is 26.2 Å². The second-order valence-corrected chi connectivity index (χ2v) is 10.0. The number of ether oxygens (including phenoxy) is 3. The Morgan fingerprint density at radius 3 is 2.48 bits per heavy atom. The third-order valence-electron chi connectivity index (χ3n) is 4.56. The summed E-state index contributed by atoms with van der Waals surface area (Å²) in [6, 6.07) is 9.36. The summed E-state index contributed by atoms with van der Waals surface area (Å²) in [5, 5.41) is 0.620. The number of fused-ring (bicyclic) bond motifs is 1. The van der Waals surface area contributed by atoms with Gasteiger partial charge in [0.25, 0.3) is 0 Å². The highest BCUT2D eigenvalue weighted by atomic mass is 32.2. The molecule has 0 fully saturated rings. The molecule has 1 unspecified atom stereocenters. The molecule has 0 aliphatic heterocycles. The molecule has 3 rings (SSSR count). The lowest BCUT2D eigenvalue weighted by atomic mass is 10.1. The van der Waals surface area contributed by atoms with Gasteiger partial charge in [0.15, 0.2) is 10.6 Å². The summed E-state index contributed by atoms with van der Waals surface area (Å²) in [7, 11) is 2.77. The number of hydrogen-bond donors (Lipinski definition) is 0. The van der Waals surface area contributed by atoms with Gasteiger partial charge in [-0.2, -0.15) is 0 Å². The van der Waals surface area contributed by atoms with Crippen LogP contribution in [0.2, 0.25) is 0 Å². The third kappa shape index (κ3) is 5.08. The Labute approximate surface area is 183 Å². The van der Waals surface area contributed by atoms with Crippen LogP contribution in [0.4, 0.5) is 4.39 Å². The van der Waals surface area contributed by atoms with Gasteiger partial charge in [-0.25, -0.2) is 4.39 Å². The number of carbonyl (C=O) groups is 1. The second-order valence-electron chi connectivity index (χ2n) is 7.82. The smallest absolute Gasteiger partial charge is 0.310 e. The van der Waals surface area contributed by atoms with Crippen LogP contribution in [-0.4, -0.2) is 34.5 Å². The Bertz CT molecular complexity index is 1110. The van der Waals surface area contributed by atoms with Crippen molar-refractivity contribution in [3.8, 4) is 17.2 Å². The highest BCUT2D eigenvalue weighted by Crippen LogP contribution is 2.38. The summed E-state index contributed by atoms with van der Waals surface area (Å²) >= 11 is -1.35. The van der Waals surface area contributed by atoms with Crippen molar-refractivity contribution in [2.45, 2.75) is 36.8 Å². The lowest BCUT2D eigenvalue weighted by Gasteiger charge is -2.25. The maximum absolute atomic E-state index is 14.4. The quantitative estimate of drug-likeness (QED) is 0.401. The van der Waals surface area contributed by atoms with Crippen LogP contribution < -0.4 is 9.47 Å². The van der Waals surface area contributed by atoms with Crippen LogP contribution in [0.15, 0.2) is 47.5 Å². The number of halogens is 1. The number of nitrogens with zero attached hydrogens (tertiary/aromatic N) is 1. The maximum atomic E-state index is 14.4. The Morgan fingerprint density at radius 1 is 1.13 bits per heavy atom. The van der Waals surface area contributed by atoms with E-state index in [1.807, 2.05) is 20.8 Å². The van der Waals surface area contributed by atoms with Gasteiger partial charge in [-0.3, -0.25) is 9.78 Å². The highest BCUT2D eigenvalue weighted by Gasteiger charge is 2.32. The molecular weight excluding hydrogens is 421 g/mol. The summed E-state index contributed by atoms with van der Waals surface area (Å²) in [5.74, 6) is 0.0648. The molecule has 0 spiro atoms. The van der Waals surface area contributed by atoms with E-state index in [0.717, 1.165) is 0 Å². The molecule has 1 aromatic heterocycles. The lowest BCUT2D eigenvalue weighted by molar-refractivity contribution is -0.139. The zero-order valence-electron chi connectivity index (χ0n) is 18.0. The molecule has 1 atom stereocenters. The van der Waals surface area contributed by atoms with Gasteiger partial charge in [0.2, 0.25) is 0 Å². The first kappa shape index (κ1) is 22.8. The number of aromatic nitrogens is 1. The third-order valence-corrected chi connectivity index (χ3v) is 6.39. The molecule has 0 N–H and O–H groups in total. The minimum absolute atomic E-state index is 0.164. The first-order chi connectivity index (χ1) is 14.6. The second kappa shape index (κ2) is 9.11. The average molecular weight is 446 g/mol. The minimum Gasteiger partial charge on any atom is -0.611 e. The van der Waals surface area contributed by atoms with Crippen molar-refractivity contribution in [3.63, 3.8) is 0 Å². The van der Waals surface area contributed by atoms with Crippen molar-refractivity contribution in [2.24, 2.45) is 0 Å². The Morgan fingerprint density at radius 2 is 1.87 bits per heavy atom. The van der Waals surface area contributed by atoms with Crippen molar-refractivity contribution in [2.75, 3.05) is 14.2 Å². The predicted octanol–water partition coefficient (Wildman–Crippen LogP) is 4.80. The molecule has 3 aromatic rings. The van der Waals surface area contributed by atoms with E-state index in [0.29, 0.717) is 27.3 Å². The van der Waals surface area contributed by atoms with E-state index in [2.05, 4.69) is 9.72 Å². The van der Waals surface area contributed by atoms with E-state index >= 15 is 0 Å². The van der Waals surface area contributed by atoms with Crippen LogP contribution in [0.5, 0.6) is 17.2 Å². The van der Waals surface area contributed by atoms with Crippen molar-refractivity contribution in [3.05, 3.63) is 54.0 Å². The molecule has 0 radical (unpaired) electrons. The summed E-state index contributed by atoms with van der Waals surface area (Å²) in [6.45, 7) is 5.64. The summed E-state index contributed by atoms with van der Waals surface area (Å²) < 4.78 is 42.9. The number of hydrogen-bond acceptors (Lipinski definition) is 6. The molecule has 1 heterocycles. The van der Waals surface area contributed by atoms with Crippen LogP contribution in [0.3, 0.4) is 0 Å². The maximum Gasteiger partial charge on any atom is 0.310 e. The summed E-state index contributed by atoms with van der Waals surface area (Å²) in [4.78, 5) is 16.3. The van der Waals surface area contributed by atoms with Gasteiger partial charge in [-0.15, -0.1) is 0 Å². The van der Waals surface area contributed by atoms with Crippen molar-refractivity contribution in [1.82, 2.24) is 4.98 Å². The molecule has 2 aromatic carbocycles. The normalized spacial score (nSPS) is 12.5. The van der Waals surface area contributed by atoms with E-state index in [-0.39, 0.29) is 17.7 Å².